The lowest BCUT2D eigenvalue weighted by Crippen LogP contribution is -2.08. The molecular formula is C36H54. The first-order chi connectivity index (χ1) is 16.8. The summed E-state index contributed by atoms with van der Waals surface area (Å²) in [6.07, 6.45) is 5.89. The fraction of sp³-hybridized carbons (Fsp3) is 0.500. The maximum absolute atomic E-state index is 2.37. The van der Waals surface area contributed by atoms with E-state index in [1.165, 1.54) is 81.3 Å². The Morgan fingerprint density at radius 3 is 1.00 bits per heavy atom. The Balaban J connectivity index is 0.000000241. The molecule has 0 radical (unpaired) electrons. The highest BCUT2D eigenvalue weighted by molar-refractivity contribution is 5.38. The molecule has 0 heteroatoms. The largest absolute Gasteiger partial charge is 0.0625 e. The molecule has 1 aliphatic rings. The van der Waals surface area contributed by atoms with Crippen LogP contribution in [-0.4, -0.2) is 0 Å². The van der Waals surface area contributed by atoms with Crippen molar-refractivity contribution in [3.8, 4) is 0 Å². The van der Waals surface area contributed by atoms with Crippen LogP contribution in [0.1, 0.15) is 95.2 Å². The Labute approximate surface area is 224 Å². The molecule has 36 heavy (non-hydrogen) atoms. The van der Waals surface area contributed by atoms with Crippen molar-refractivity contribution in [1.29, 1.82) is 0 Å². The third-order valence-electron chi connectivity index (χ3n) is 7.92. The lowest BCUT2D eigenvalue weighted by Gasteiger charge is -2.22. The fourth-order valence-electron chi connectivity index (χ4n) is 4.41. The zero-order chi connectivity index (χ0) is 27.4. The SMILES string of the molecule is CC1CCC(C)CC1.Cc1cc(C)c(C)c(C)c1.Cc1ccc(C)c(C)c1C.Cc1ccc(C)cc1. The third-order valence-corrected chi connectivity index (χ3v) is 7.92. The van der Waals surface area contributed by atoms with Gasteiger partial charge in [0.2, 0.25) is 0 Å². The maximum atomic E-state index is 2.37. The molecule has 0 saturated heterocycles. The van der Waals surface area contributed by atoms with Crippen molar-refractivity contribution in [3.05, 3.63) is 104 Å². The third kappa shape index (κ3) is 11.6. The first-order valence-electron chi connectivity index (χ1n) is 13.9. The highest BCUT2D eigenvalue weighted by atomic mass is 14.2. The van der Waals surface area contributed by atoms with Crippen molar-refractivity contribution in [3.63, 3.8) is 0 Å². The molecule has 0 aliphatic heterocycles. The zero-order valence-electron chi connectivity index (χ0n) is 25.6. The van der Waals surface area contributed by atoms with Gasteiger partial charge >= 0.3 is 0 Å². The molecule has 0 unspecified atom stereocenters. The van der Waals surface area contributed by atoms with Gasteiger partial charge in [-0.05, 0) is 120 Å². The van der Waals surface area contributed by atoms with Gasteiger partial charge in [-0.15, -0.1) is 0 Å². The second kappa shape index (κ2) is 15.7. The lowest BCUT2D eigenvalue weighted by atomic mass is 9.84. The van der Waals surface area contributed by atoms with Crippen molar-refractivity contribution in [2.24, 2.45) is 11.8 Å². The Kier molecular flexibility index (Phi) is 13.8. The highest BCUT2D eigenvalue weighted by Gasteiger charge is 2.13. The molecule has 0 bridgehead atoms. The number of hydrogen-bond acceptors (Lipinski definition) is 0. The summed E-state index contributed by atoms with van der Waals surface area (Å²) in [4.78, 5) is 0. The smallest absolute Gasteiger partial charge is 0.0392 e. The molecule has 0 spiro atoms. The van der Waals surface area contributed by atoms with Crippen molar-refractivity contribution in [1.82, 2.24) is 0 Å². The maximum Gasteiger partial charge on any atom is -0.0392 e. The van der Waals surface area contributed by atoms with Gasteiger partial charge in [-0.25, -0.2) is 0 Å². The Morgan fingerprint density at radius 2 is 0.694 bits per heavy atom. The van der Waals surface area contributed by atoms with Crippen LogP contribution in [0.4, 0.5) is 0 Å². The molecular weight excluding hydrogens is 432 g/mol. The minimum atomic E-state index is 1.02. The summed E-state index contributed by atoms with van der Waals surface area (Å²) in [5.41, 5.74) is 13.9. The van der Waals surface area contributed by atoms with Crippen molar-refractivity contribution in [2.75, 3.05) is 0 Å². The second-order valence-corrected chi connectivity index (χ2v) is 11.5. The van der Waals surface area contributed by atoms with E-state index in [1.807, 2.05) is 0 Å². The molecule has 0 nitrogen and oxygen atoms in total. The first-order valence-corrected chi connectivity index (χ1v) is 13.9. The lowest BCUT2D eigenvalue weighted by molar-refractivity contribution is 0.308. The molecule has 1 aliphatic carbocycles. The average Bonchev–Trinajstić information content (AvgIpc) is 2.83. The molecule has 0 atom stereocenters. The van der Waals surface area contributed by atoms with Crippen LogP contribution in [0.2, 0.25) is 0 Å². The van der Waals surface area contributed by atoms with Crippen LogP contribution >= 0.6 is 0 Å². The predicted octanol–water partition coefficient (Wildman–Crippen LogP) is 11.0. The summed E-state index contributed by atoms with van der Waals surface area (Å²) in [6, 6.07) is 17.3. The van der Waals surface area contributed by atoms with E-state index >= 15 is 0 Å². The molecule has 198 valence electrons. The minimum Gasteiger partial charge on any atom is -0.0625 e. The predicted molar refractivity (Wildman–Crippen MR) is 163 cm³/mol. The summed E-state index contributed by atoms with van der Waals surface area (Å²) in [6.45, 7) is 26.2. The number of benzene rings is 3. The topological polar surface area (TPSA) is 0 Å². The summed E-state index contributed by atoms with van der Waals surface area (Å²) in [5.74, 6) is 2.04. The zero-order valence-corrected chi connectivity index (χ0v) is 25.6. The van der Waals surface area contributed by atoms with Crippen LogP contribution in [0.15, 0.2) is 48.5 Å². The Bertz CT molecular complexity index is 963. The Hall–Kier alpha value is -2.34. The van der Waals surface area contributed by atoms with E-state index in [4.69, 9.17) is 0 Å². The van der Waals surface area contributed by atoms with Crippen LogP contribution in [0.25, 0.3) is 0 Å². The number of hydrogen-bond donors (Lipinski definition) is 0. The number of rotatable bonds is 0. The van der Waals surface area contributed by atoms with Crippen molar-refractivity contribution >= 4 is 0 Å². The van der Waals surface area contributed by atoms with Crippen LogP contribution in [0.3, 0.4) is 0 Å². The molecule has 0 heterocycles. The fourth-order valence-corrected chi connectivity index (χ4v) is 4.41. The van der Waals surface area contributed by atoms with Gasteiger partial charge in [0.15, 0.2) is 0 Å². The molecule has 3 aromatic carbocycles. The summed E-state index contributed by atoms with van der Waals surface area (Å²) < 4.78 is 0. The monoisotopic (exact) mass is 486 g/mol. The summed E-state index contributed by atoms with van der Waals surface area (Å²) >= 11 is 0. The van der Waals surface area contributed by atoms with Gasteiger partial charge in [0, 0.05) is 0 Å². The molecule has 1 saturated carbocycles. The van der Waals surface area contributed by atoms with Gasteiger partial charge in [-0.1, -0.05) is 105 Å². The van der Waals surface area contributed by atoms with Crippen LogP contribution in [-0.2, 0) is 0 Å². The van der Waals surface area contributed by atoms with Crippen LogP contribution < -0.4 is 0 Å². The minimum absolute atomic E-state index is 1.02. The van der Waals surface area contributed by atoms with E-state index in [1.54, 1.807) is 0 Å². The van der Waals surface area contributed by atoms with E-state index in [-0.39, 0.29) is 0 Å². The molecule has 1 fully saturated rings. The normalized spacial score (nSPS) is 16.4. The quantitative estimate of drug-likeness (QED) is 0.296. The first kappa shape index (κ1) is 31.7. The summed E-state index contributed by atoms with van der Waals surface area (Å²) in [5, 5.41) is 0. The van der Waals surface area contributed by atoms with E-state index < -0.39 is 0 Å². The van der Waals surface area contributed by atoms with Gasteiger partial charge < -0.3 is 0 Å². The molecule has 4 rings (SSSR count). The standard InChI is InChI=1S/2C10H14.C8H16.C8H10/c1-7-5-8(2)10(4)9(3)6-7;1-7-5-6-8(2)10(4)9(7)3;2*1-7-3-5-8(2)6-4-7/h2*5-6H,1-4H3;7-8H,3-6H2,1-2H3;3-6H,1-2H3. The molecule has 0 N–H and O–H groups in total. The summed E-state index contributed by atoms with van der Waals surface area (Å²) in [7, 11) is 0. The van der Waals surface area contributed by atoms with Crippen LogP contribution in [0, 0.1) is 81.1 Å². The van der Waals surface area contributed by atoms with E-state index in [0.29, 0.717) is 0 Å². The van der Waals surface area contributed by atoms with Crippen molar-refractivity contribution < 1.29 is 0 Å². The number of aryl methyl sites for hydroxylation is 7. The molecule has 0 aromatic heterocycles. The highest BCUT2D eigenvalue weighted by Crippen LogP contribution is 2.27. The van der Waals surface area contributed by atoms with Crippen LogP contribution in [0.5, 0.6) is 0 Å². The van der Waals surface area contributed by atoms with Gasteiger partial charge in [-0.2, -0.15) is 0 Å². The van der Waals surface area contributed by atoms with Gasteiger partial charge in [0.25, 0.3) is 0 Å². The van der Waals surface area contributed by atoms with E-state index in [0.717, 1.165) is 11.8 Å². The average molecular weight is 487 g/mol. The molecule has 0 amide bonds. The van der Waals surface area contributed by atoms with Gasteiger partial charge in [-0.3, -0.25) is 0 Å². The molecule has 3 aromatic rings. The van der Waals surface area contributed by atoms with Gasteiger partial charge in [0.05, 0.1) is 0 Å². The van der Waals surface area contributed by atoms with E-state index in [9.17, 15) is 0 Å². The Morgan fingerprint density at radius 1 is 0.389 bits per heavy atom. The van der Waals surface area contributed by atoms with E-state index in [2.05, 4.69) is 132 Å². The van der Waals surface area contributed by atoms with Gasteiger partial charge in [0.1, 0.15) is 0 Å². The second-order valence-electron chi connectivity index (χ2n) is 11.5. The van der Waals surface area contributed by atoms with Crippen molar-refractivity contribution in [2.45, 2.75) is 109 Å².